The van der Waals surface area contributed by atoms with Gasteiger partial charge in [-0.25, -0.2) is 0 Å². The van der Waals surface area contributed by atoms with Crippen LogP contribution in [0.2, 0.25) is 0 Å². The zero-order valence-corrected chi connectivity index (χ0v) is 10.7. The van der Waals surface area contributed by atoms with E-state index in [1.54, 1.807) is 0 Å². The lowest BCUT2D eigenvalue weighted by molar-refractivity contribution is -0.124. The quantitative estimate of drug-likeness (QED) is 0.752. The number of hydrogen-bond donors (Lipinski definition) is 0. The second-order valence-corrected chi connectivity index (χ2v) is 5.32. The van der Waals surface area contributed by atoms with Crippen LogP contribution in [-0.4, -0.2) is 5.78 Å². The van der Waals surface area contributed by atoms with Crippen LogP contribution in [0.3, 0.4) is 0 Å². The predicted octanol–water partition coefficient (Wildman–Crippen LogP) is 4.33. The minimum absolute atomic E-state index is 0.356. The molecule has 0 unspecified atom stereocenters. The third kappa shape index (κ3) is 3.42. The Morgan fingerprint density at radius 2 is 1.82 bits per heavy atom. The Morgan fingerprint density at radius 1 is 1.18 bits per heavy atom. The van der Waals surface area contributed by atoms with Gasteiger partial charge in [0.1, 0.15) is 5.78 Å². The van der Waals surface area contributed by atoms with Gasteiger partial charge in [-0.15, -0.1) is 0 Å². The molecule has 1 fully saturated rings. The highest BCUT2D eigenvalue weighted by molar-refractivity contribution is 5.81. The summed E-state index contributed by atoms with van der Waals surface area (Å²) >= 11 is 0. The molecule has 1 aliphatic carbocycles. The van der Waals surface area contributed by atoms with Crippen LogP contribution in [0.15, 0.2) is 30.3 Å². The van der Waals surface area contributed by atoms with E-state index in [9.17, 15) is 4.79 Å². The van der Waals surface area contributed by atoms with E-state index in [0.717, 1.165) is 12.8 Å². The van der Waals surface area contributed by atoms with Crippen LogP contribution in [-0.2, 0) is 4.79 Å². The van der Waals surface area contributed by atoms with E-state index < -0.39 is 0 Å². The maximum Gasteiger partial charge on any atom is 0.136 e. The third-order valence-electron chi connectivity index (χ3n) is 3.94. The van der Waals surface area contributed by atoms with Gasteiger partial charge in [-0.1, -0.05) is 56.5 Å². The minimum atomic E-state index is 0.356. The fraction of sp³-hybridized carbons (Fsp3) is 0.562. The summed E-state index contributed by atoms with van der Waals surface area (Å²) in [6.45, 7) is 2.16. The van der Waals surface area contributed by atoms with Crippen molar-refractivity contribution in [1.29, 1.82) is 0 Å². The Labute approximate surface area is 104 Å². The zero-order valence-electron chi connectivity index (χ0n) is 10.7. The van der Waals surface area contributed by atoms with Crippen molar-refractivity contribution >= 4 is 5.78 Å². The average Bonchev–Trinajstić information content (AvgIpc) is 2.40. The highest BCUT2D eigenvalue weighted by atomic mass is 16.1. The van der Waals surface area contributed by atoms with Crippen LogP contribution in [0.25, 0.3) is 0 Å². The molecule has 17 heavy (non-hydrogen) atoms. The van der Waals surface area contributed by atoms with Crippen molar-refractivity contribution in [3.8, 4) is 0 Å². The molecule has 0 spiro atoms. The summed E-state index contributed by atoms with van der Waals surface area (Å²) in [6, 6.07) is 10.4. The Hall–Kier alpha value is -1.11. The molecule has 0 aliphatic heterocycles. The van der Waals surface area contributed by atoms with Crippen molar-refractivity contribution in [2.45, 2.75) is 51.4 Å². The molecular weight excluding hydrogens is 208 g/mol. The molecule has 0 bridgehead atoms. The third-order valence-corrected chi connectivity index (χ3v) is 3.94. The van der Waals surface area contributed by atoms with Gasteiger partial charge in [-0.2, -0.15) is 0 Å². The lowest BCUT2D eigenvalue weighted by atomic mass is 9.82. The standard InChI is InChI=1S/C16H22O/c1-13(14-8-4-2-5-9-14)12-16(17)15-10-6-3-7-11-15/h2,4-5,8-9,13,15H,3,6-7,10-12H2,1H3/t13-/m0/s1. The van der Waals surface area contributed by atoms with Crippen molar-refractivity contribution in [3.05, 3.63) is 35.9 Å². The molecule has 1 saturated carbocycles. The second kappa shape index (κ2) is 6.00. The van der Waals surface area contributed by atoms with E-state index in [1.165, 1.54) is 24.8 Å². The Balaban J connectivity index is 1.89. The van der Waals surface area contributed by atoms with E-state index >= 15 is 0 Å². The van der Waals surface area contributed by atoms with Crippen LogP contribution in [0, 0.1) is 5.92 Å². The second-order valence-electron chi connectivity index (χ2n) is 5.32. The van der Waals surface area contributed by atoms with E-state index in [4.69, 9.17) is 0 Å². The van der Waals surface area contributed by atoms with Crippen molar-refractivity contribution in [2.75, 3.05) is 0 Å². The minimum Gasteiger partial charge on any atom is -0.299 e. The molecule has 1 atom stereocenters. The molecule has 1 aliphatic rings. The van der Waals surface area contributed by atoms with Crippen LogP contribution in [0.4, 0.5) is 0 Å². The maximum absolute atomic E-state index is 12.2. The smallest absolute Gasteiger partial charge is 0.136 e. The van der Waals surface area contributed by atoms with Gasteiger partial charge in [-0.05, 0) is 24.3 Å². The molecule has 92 valence electrons. The summed E-state index contributed by atoms with van der Waals surface area (Å²) in [4.78, 5) is 12.2. The van der Waals surface area contributed by atoms with Crippen LogP contribution >= 0.6 is 0 Å². The highest BCUT2D eigenvalue weighted by Gasteiger charge is 2.22. The molecule has 1 nitrogen and oxygen atoms in total. The summed E-state index contributed by atoms with van der Waals surface area (Å²) in [5.74, 6) is 1.21. The first-order valence-corrected chi connectivity index (χ1v) is 6.85. The van der Waals surface area contributed by atoms with Gasteiger partial charge in [-0.3, -0.25) is 4.79 Å². The lowest BCUT2D eigenvalue weighted by Gasteiger charge is -2.22. The van der Waals surface area contributed by atoms with Crippen LogP contribution in [0.1, 0.15) is 56.9 Å². The monoisotopic (exact) mass is 230 g/mol. The summed E-state index contributed by atoms with van der Waals surface area (Å²) in [5.41, 5.74) is 1.29. The fourth-order valence-electron chi connectivity index (χ4n) is 2.79. The molecule has 0 heterocycles. The van der Waals surface area contributed by atoms with E-state index in [1.807, 2.05) is 6.07 Å². The predicted molar refractivity (Wildman–Crippen MR) is 71.1 cm³/mol. The summed E-state index contributed by atoms with van der Waals surface area (Å²) in [6.07, 6.45) is 6.78. The number of carbonyl (C=O) groups is 1. The van der Waals surface area contributed by atoms with Gasteiger partial charge in [0.25, 0.3) is 0 Å². The number of benzene rings is 1. The Bertz CT molecular complexity index is 349. The first-order valence-electron chi connectivity index (χ1n) is 6.85. The number of ketones is 1. The van der Waals surface area contributed by atoms with Crippen molar-refractivity contribution in [1.82, 2.24) is 0 Å². The van der Waals surface area contributed by atoms with Gasteiger partial charge in [0.05, 0.1) is 0 Å². The first kappa shape index (κ1) is 12.3. The summed E-state index contributed by atoms with van der Waals surface area (Å²) < 4.78 is 0. The maximum atomic E-state index is 12.2. The Morgan fingerprint density at radius 3 is 2.47 bits per heavy atom. The van der Waals surface area contributed by atoms with Gasteiger partial charge in [0, 0.05) is 12.3 Å². The van der Waals surface area contributed by atoms with E-state index in [2.05, 4.69) is 31.2 Å². The SMILES string of the molecule is C[C@@H](CC(=O)C1CCCCC1)c1ccccc1. The van der Waals surface area contributed by atoms with Crippen molar-refractivity contribution in [3.63, 3.8) is 0 Å². The average molecular weight is 230 g/mol. The lowest BCUT2D eigenvalue weighted by Crippen LogP contribution is -2.19. The normalized spacial score (nSPS) is 18.9. The number of hydrogen-bond acceptors (Lipinski definition) is 1. The first-order chi connectivity index (χ1) is 8.27. The van der Waals surface area contributed by atoms with Gasteiger partial charge in [0.15, 0.2) is 0 Å². The molecule has 1 heteroatoms. The number of rotatable bonds is 4. The molecule has 1 aromatic rings. The molecule has 0 amide bonds. The molecule has 0 saturated heterocycles. The molecular formula is C16H22O. The van der Waals surface area contributed by atoms with Gasteiger partial charge >= 0.3 is 0 Å². The molecule has 0 aromatic heterocycles. The zero-order chi connectivity index (χ0) is 12.1. The van der Waals surface area contributed by atoms with Crippen molar-refractivity contribution in [2.24, 2.45) is 5.92 Å². The molecule has 0 radical (unpaired) electrons. The van der Waals surface area contributed by atoms with E-state index in [-0.39, 0.29) is 0 Å². The Kier molecular flexibility index (Phi) is 4.36. The highest BCUT2D eigenvalue weighted by Crippen LogP contribution is 2.28. The molecule has 0 N–H and O–H groups in total. The van der Waals surface area contributed by atoms with E-state index in [0.29, 0.717) is 24.0 Å². The largest absolute Gasteiger partial charge is 0.299 e. The molecule has 2 rings (SSSR count). The topological polar surface area (TPSA) is 17.1 Å². The van der Waals surface area contributed by atoms with Gasteiger partial charge in [0.2, 0.25) is 0 Å². The number of Topliss-reactive ketones (excluding diaryl/α,β-unsaturated/α-hetero) is 1. The van der Waals surface area contributed by atoms with Crippen molar-refractivity contribution < 1.29 is 4.79 Å². The van der Waals surface area contributed by atoms with Gasteiger partial charge < -0.3 is 0 Å². The molecule has 1 aromatic carbocycles. The van der Waals surface area contributed by atoms with Crippen LogP contribution < -0.4 is 0 Å². The van der Waals surface area contributed by atoms with Crippen LogP contribution in [0.5, 0.6) is 0 Å². The fourth-order valence-corrected chi connectivity index (χ4v) is 2.79. The number of carbonyl (C=O) groups excluding carboxylic acids is 1. The summed E-state index contributed by atoms with van der Waals surface area (Å²) in [7, 11) is 0. The summed E-state index contributed by atoms with van der Waals surface area (Å²) in [5, 5.41) is 0.